The Balaban J connectivity index is 1.73. The molecule has 0 aromatic heterocycles. The van der Waals surface area contributed by atoms with Gasteiger partial charge < -0.3 is 14.8 Å². The minimum Gasteiger partial charge on any atom is -0.497 e. The van der Waals surface area contributed by atoms with E-state index in [4.69, 9.17) is 32.7 Å². The molecule has 2 aromatic rings. The predicted octanol–water partition coefficient (Wildman–Crippen LogP) is 3.95. The van der Waals surface area contributed by atoms with Crippen LogP contribution in [0.4, 0.5) is 5.69 Å². The molecule has 0 unspecified atom stereocenters. The smallest absolute Gasteiger partial charge is 0.238 e. The van der Waals surface area contributed by atoms with E-state index in [0.29, 0.717) is 28.9 Å². The Hall–Kier alpha value is -1.95. The van der Waals surface area contributed by atoms with Crippen LogP contribution in [0.5, 0.6) is 11.5 Å². The normalized spacial score (nSPS) is 10.6. The number of amides is 1. The van der Waals surface area contributed by atoms with Crippen molar-refractivity contribution in [1.82, 2.24) is 4.90 Å². The van der Waals surface area contributed by atoms with E-state index in [1.807, 2.05) is 11.9 Å². The van der Waals surface area contributed by atoms with Gasteiger partial charge in [-0.25, -0.2) is 0 Å². The van der Waals surface area contributed by atoms with E-state index >= 15 is 0 Å². The molecule has 25 heavy (non-hydrogen) atoms. The number of hydrogen-bond acceptors (Lipinski definition) is 4. The van der Waals surface area contributed by atoms with Gasteiger partial charge in [0.1, 0.15) is 18.1 Å². The van der Waals surface area contributed by atoms with Crippen molar-refractivity contribution in [2.75, 3.05) is 39.2 Å². The molecule has 0 aliphatic rings. The zero-order valence-corrected chi connectivity index (χ0v) is 15.6. The lowest BCUT2D eigenvalue weighted by Crippen LogP contribution is -2.33. The molecule has 7 heteroatoms. The molecule has 0 bridgehead atoms. The van der Waals surface area contributed by atoms with Crippen molar-refractivity contribution in [3.63, 3.8) is 0 Å². The summed E-state index contributed by atoms with van der Waals surface area (Å²) in [6, 6.07) is 12.2. The SMILES string of the molecule is COc1ccc(NC(=O)CN(C)CCOc2ccc(Cl)cc2Cl)cc1. The van der Waals surface area contributed by atoms with Crippen LogP contribution in [0.3, 0.4) is 0 Å². The van der Waals surface area contributed by atoms with Gasteiger partial charge in [-0.15, -0.1) is 0 Å². The fourth-order valence-electron chi connectivity index (χ4n) is 2.10. The fourth-order valence-corrected chi connectivity index (χ4v) is 2.57. The lowest BCUT2D eigenvalue weighted by molar-refractivity contribution is -0.117. The molecule has 0 fully saturated rings. The third kappa shape index (κ3) is 6.46. The fraction of sp³-hybridized carbons (Fsp3) is 0.278. The molecule has 134 valence electrons. The van der Waals surface area contributed by atoms with Crippen LogP contribution >= 0.6 is 23.2 Å². The molecular weight excluding hydrogens is 363 g/mol. The minimum absolute atomic E-state index is 0.0998. The van der Waals surface area contributed by atoms with Crippen LogP contribution in [-0.2, 0) is 4.79 Å². The number of carbonyl (C=O) groups excluding carboxylic acids is 1. The molecule has 1 N–H and O–H groups in total. The summed E-state index contributed by atoms with van der Waals surface area (Å²) in [5, 5.41) is 3.86. The van der Waals surface area contributed by atoms with Crippen LogP contribution in [0.2, 0.25) is 10.0 Å². The molecule has 2 rings (SSSR count). The van der Waals surface area contributed by atoms with Crippen LogP contribution in [0.25, 0.3) is 0 Å². The Morgan fingerprint density at radius 1 is 1.16 bits per heavy atom. The number of rotatable bonds is 8. The maximum absolute atomic E-state index is 12.0. The van der Waals surface area contributed by atoms with Gasteiger partial charge in [0.05, 0.1) is 18.7 Å². The number of anilines is 1. The van der Waals surface area contributed by atoms with Gasteiger partial charge >= 0.3 is 0 Å². The second-order valence-electron chi connectivity index (χ2n) is 5.44. The number of likely N-dealkylation sites (N-methyl/N-ethyl adjacent to an activating group) is 1. The highest BCUT2D eigenvalue weighted by Crippen LogP contribution is 2.27. The Morgan fingerprint density at radius 3 is 2.52 bits per heavy atom. The van der Waals surface area contributed by atoms with E-state index in [9.17, 15) is 4.79 Å². The van der Waals surface area contributed by atoms with Crippen LogP contribution in [0.1, 0.15) is 0 Å². The summed E-state index contributed by atoms with van der Waals surface area (Å²) in [6.07, 6.45) is 0. The third-order valence-electron chi connectivity index (χ3n) is 3.41. The van der Waals surface area contributed by atoms with E-state index in [1.165, 1.54) is 0 Å². The van der Waals surface area contributed by atoms with Gasteiger partial charge in [0, 0.05) is 17.3 Å². The molecular formula is C18H20Cl2N2O3. The lowest BCUT2D eigenvalue weighted by Gasteiger charge is -2.17. The van der Waals surface area contributed by atoms with Gasteiger partial charge in [-0.1, -0.05) is 23.2 Å². The number of benzene rings is 2. The second kappa shape index (κ2) is 9.51. The molecule has 0 aliphatic carbocycles. The first-order chi connectivity index (χ1) is 12.0. The van der Waals surface area contributed by atoms with Gasteiger partial charge in [0.2, 0.25) is 5.91 Å². The van der Waals surface area contributed by atoms with Crippen molar-refractivity contribution in [3.8, 4) is 11.5 Å². The lowest BCUT2D eigenvalue weighted by atomic mass is 10.3. The molecule has 0 radical (unpaired) electrons. The number of ether oxygens (including phenoxy) is 2. The summed E-state index contributed by atoms with van der Waals surface area (Å²) in [6.45, 7) is 1.24. The van der Waals surface area contributed by atoms with Crippen LogP contribution in [0, 0.1) is 0 Å². The van der Waals surface area contributed by atoms with Gasteiger partial charge in [0.25, 0.3) is 0 Å². The van der Waals surface area contributed by atoms with Crippen LogP contribution in [0.15, 0.2) is 42.5 Å². The molecule has 1 amide bonds. The van der Waals surface area contributed by atoms with E-state index in [-0.39, 0.29) is 12.5 Å². The number of methoxy groups -OCH3 is 1. The number of hydrogen-bond donors (Lipinski definition) is 1. The summed E-state index contributed by atoms with van der Waals surface area (Å²) in [7, 11) is 3.45. The summed E-state index contributed by atoms with van der Waals surface area (Å²) in [5.74, 6) is 1.22. The molecule has 0 aliphatic heterocycles. The molecule has 2 aromatic carbocycles. The first-order valence-corrected chi connectivity index (χ1v) is 8.44. The summed E-state index contributed by atoms with van der Waals surface area (Å²) < 4.78 is 10.7. The number of halogens is 2. The molecule has 0 atom stereocenters. The van der Waals surface area contributed by atoms with E-state index in [0.717, 1.165) is 11.4 Å². The number of nitrogens with one attached hydrogen (secondary N) is 1. The van der Waals surface area contributed by atoms with Gasteiger partial charge in [-0.3, -0.25) is 9.69 Å². The predicted molar refractivity (Wildman–Crippen MR) is 101 cm³/mol. The van der Waals surface area contributed by atoms with Crippen molar-refractivity contribution in [3.05, 3.63) is 52.5 Å². The Labute approximate surface area is 157 Å². The standard InChI is InChI=1S/C18H20Cl2N2O3/c1-22(9-10-25-17-8-3-13(19)11-16(17)20)12-18(23)21-14-4-6-15(24-2)7-5-14/h3-8,11H,9-10,12H2,1-2H3,(H,21,23). The molecule has 0 spiro atoms. The number of nitrogens with zero attached hydrogens (tertiary/aromatic N) is 1. The Bertz CT molecular complexity index is 708. The average Bonchev–Trinajstić information content (AvgIpc) is 2.57. The van der Waals surface area contributed by atoms with Gasteiger partial charge in [-0.05, 0) is 49.5 Å². The zero-order chi connectivity index (χ0) is 18.2. The third-order valence-corrected chi connectivity index (χ3v) is 3.94. The van der Waals surface area contributed by atoms with Crippen LogP contribution in [-0.4, -0.2) is 44.7 Å². The highest BCUT2D eigenvalue weighted by atomic mass is 35.5. The summed E-state index contributed by atoms with van der Waals surface area (Å²) in [5.41, 5.74) is 0.725. The monoisotopic (exact) mass is 382 g/mol. The summed E-state index contributed by atoms with van der Waals surface area (Å²) >= 11 is 11.9. The molecule has 0 saturated heterocycles. The highest BCUT2D eigenvalue weighted by Gasteiger charge is 2.08. The van der Waals surface area contributed by atoms with Crippen molar-refractivity contribution in [2.45, 2.75) is 0 Å². The van der Waals surface area contributed by atoms with Crippen molar-refractivity contribution in [2.24, 2.45) is 0 Å². The first-order valence-electron chi connectivity index (χ1n) is 7.68. The van der Waals surface area contributed by atoms with Crippen LogP contribution < -0.4 is 14.8 Å². The Kier molecular flexibility index (Phi) is 7.37. The molecule has 5 nitrogen and oxygen atoms in total. The van der Waals surface area contributed by atoms with Crippen molar-refractivity contribution in [1.29, 1.82) is 0 Å². The quantitative estimate of drug-likeness (QED) is 0.750. The van der Waals surface area contributed by atoms with Crippen molar-refractivity contribution < 1.29 is 14.3 Å². The van der Waals surface area contributed by atoms with E-state index in [2.05, 4.69) is 5.32 Å². The van der Waals surface area contributed by atoms with Crippen molar-refractivity contribution >= 4 is 34.8 Å². The second-order valence-corrected chi connectivity index (χ2v) is 6.28. The van der Waals surface area contributed by atoms with Gasteiger partial charge in [0.15, 0.2) is 0 Å². The number of carbonyl (C=O) groups is 1. The average molecular weight is 383 g/mol. The van der Waals surface area contributed by atoms with E-state index < -0.39 is 0 Å². The topological polar surface area (TPSA) is 50.8 Å². The highest BCUT2D eigenvalue weighted by molar-refractivity contribution is 6.35. The maximum atomic E-state index is 12.0. The minimum atomic E-state index is -0.0998. The van der Waals surface area contributed by atoms with E-state index in [1.54, 1.807) is 49.6 Å². The first kappa shape index (κ1) is 19.4. The zero-order valence-electron chi connectivity index (χ0n) is 14.1. The van der Waals surface area contributed by atoms with Gasteiger partial charge in [-0.2, -0.15) is 0 Å². The maximum Gasteiger partial charge on any atom is 0.238 e. The Morgan fingerprint density at radius 2 is 1.88 bits per heavy atom. The molecule has 0 heterocycles. The summed E-state index contributed by atoms with van der Waals surface area (Å²) in [4.78, 5) is 13.9. The largest absolute Gasteiger partial charge is 0.497 e. The molecule has 0 saturated carbocycles.